The number of ether oxygens (including phenoxy) is 3. The van der Waals surface area contributed by atoms with Gasteiger partial charge in [-0.3, -0.25) is 0 Å². The molecule has 1 unspecified atom stereocenters. The molecule has 1 aromatic carbocycles. The second kappa shape index (κ2) is 16.7. The predicted octanol–water partition coefficient (Wildman–Crippen LogP) is 9.87. The highest BCUT2D eigenvalue weighted by atomic mass is 32.2. The molecule has 1 aromatic rings. The van der Waals surface area contributed by atoms with E-state index in [9.17, 15) is 0 Å². The van der Waals surface area contributed by atoms with Crippen molar-refractivity contribution in [2.24, 2.45) is 11.8 Å². The first-order valence-corrected chi connectivity index (χ1v) is 24.1. The molecule has 0 aliphatic carbocycles. The summed E-state index contributed by atoms with van der Waals surface area (Å²) in [6.07, 6.45) is 2.07. The predicted molar refractivity (Wildman–Crippen MR) is 194 cm³/mol. The number of hydrogen-bond acceptors (Lipinski definition) is 7. The fraction of sp³-hybridized carbons (Fsp3) is 0.824. The minimum atomic E-state index is -2.10. The van der Waals surface area contributed by atoms with Crippen LogP contribution in [-0.2, 0) is 24.9 Å². The van der Waals surface area contributed by atoms with Gasteiger partial charge < -0.3 is 23.1 Å². The number of thioether (sulfide) groups is 2. The van der Waals surface area contributed by atoms with E-state index in [2.05, 4.69) is 117 Å². The van der Waals surface area contributed by atoms with Gasteiger partial charge in [-0.25, -0.2) is 0 Å². The van der Waals surface area contributed by atoms with Crippen molar-refractivity contribution in [2.75, 3.05) is 32.3 Å². The minimum absolute atomic E-state index is 0.00674. The molecule has 0 spiro atoms. The fourth-order valence-corrected chi connectivity index (χ4v) is 10.9. The van der Waals surface area contributed by atoms with Crippen molar-refractivity contribution in [2.45, 2.75) is 134 Å². The summed E-state index contributed by atoms with van der Waals surface area (Å²) in [5, 5.41) is 0.232. The van der Waals surface area contributed by atoms with Crippen LogP contribution >= 0.6 is 23.5 Å². The molecule has 250 valence electrons. The molecule has 43 heavy (non-hydrogen) atoms. The third-order valence-corrected chi connectivity index (χ3v) is 22.2. The van der Waals surface area contributed by atoms with Gasteiger partial charge in [0.05, 0.1) is 43.2 Å². The van der Waals surface area contributed by atoms with Crippen molar-refractivity contribution in [1.82, 2.24) is 0 Å². The molecular formula is C34H64O5S2Si2. The average Bonchev–Trinajstić information content (AvgIpc) is 2.93. The summed E-state index contributed by atoms with van der Waals surface area (Å²) in [6, 6.07) is 8.11. The molecular weight excluding hydrogens is 609 g/mol. The zero-order valence-electron chi connectivity index (χ0n) is 29.9. The van der Waals surface area contributed by atoms with Crippen LogP contribution in [0.25, 0.3) is 0 Å². The molecule has 9 heteroatoms. The maximum atomic E-state index is 7.42. The first-order chi connectivity index (χ1) is 19.8. The van der Waals surface area contributed by atoms with E-state index < -0.39 is 16.6 Å². The summed E-state index contributed by atoms with van der Waals surface area (Å²) in [5.41, 5.74) is 1.12. The Morgan fingerprint density at radius 2 is 1.37 bits per heavy atom. The summed E-state index contributed by atoms with van der Waals surface area (Å²) < 4.78 is 32.9. The molecule has 1 saturated heterocycles. The molecule has 5 nitrogen and oxygen atoms in total. The second-order valence-corrected chi connectivity index (χ2v) is 27.7. The van der Waals surface area contributed by atoms with E-state index in [-0.39, 0.29) is 34.3 Å². The third-order valence-electron chi connectivity index (χ3n) is 9.89. The Labute approximate surface area is 275 Å². The molecule has 0 amide bonds. The highest BCUT2D eigenvalue weighted by molar-refractivity contribution is 8.17. The first kappa shape index (κ1) is 39.2. The molecule has 1 heterocycles. The van der Waals surface area contributed by atoms with Crippen LogP contribution in [0.5, 0.6) is 5.75 Å². The quantitative estimate of drug-likeness (QED) is 0.162. The lowest BCUT2D eigenvalue weighted by molar-refractivity contribution is -0.0581. The molecule has 1 aliphatic rings. The van der Waals surface area contributed by atoms with E-state index in [1.54, 1.807) is 14.2 Å². The van der Waals surface area contributed by atoms with E-state index in [0.717, 1.165) is 17.7 Å². The highest BCUT2D eigenvalue weighted by Gasteiger charge is 2.47. The zero-order valence-corrected chi connectivity index (χ0v) is 33.5. The van der Waals surface area contributed by atoms with Gasteiger partial charge in [0.15, 0.2) is 16.6 Å². The van der Waals surface area contributed by atoms with Crippen LogP contribution in [0.1, 0.15) is 73.8 Å². The van der Waals surface area contributed by atoms with Crippen LogP contribution in [0.2, 0.25) is 36.3 Å². The monoisotopic (exact) mass is 672 g/mol. The van der Waals surface area contributed by atoms with Gasteiger partial charge in [-0.05, 0) is 71.9 Å². The van der Waals surface area contributed by atoms with E-state index in [1.807, 2.05) is 12.1 Å². The van der Waals surface area contributed by atoms with Crippen molar-refractivity contribution in [3.05, 3.63) is 29.8 Å². The number of rotatable bonds is 16. The first-order valence-electron chi connectivity index (χ1n) is 16.1. The maximum Gasteiger partial charge on any atom is 0.192 e. The molecule has 1 fully saturated rings. The molecule has 5 atom stereocenters. The van der Waals surface area contributed by atoms with Gasteiger partial charge in [-0.1, -0.05) is 67.5 Å². The molecule has 0 radical (unpaired) electrons. The van der Waals surface area contributed by atoms with Crippen LogP contribution in [0, 0.1) is 11.8 Å². The highest BCUT2D eigenvalue weighted by Crippen LogP contribution is 2.46. The average molecular weight is 673 g/mol. The van der Waals surface area contributed by atoms with Gasteiger partial charge in [0.2, 0.25) is 0 Å². The van der Waals surface area contributed by atoms with Crippen LogP contribution in [0.4, 0.5) is 0 Å². The Morgan fingerprint density at radius 3 is 1.86 bits per heavy atom. The SMILES string of the molecule is COCC(C[C@@H](O[Si](C)(C)C(C)(C)C)[C@H](C)[C@H](O[Si](C)(C)C(C)(C)C)[C@@H](C)C1SCCCS1)OCc1ccc(OC)cc1. The fourth-order valence-electron chi connectivity index (χ4n) is 4.88. The number of benzene rings is 1. The third kappa shape index (κ3) is 11.6. The normalized spacial score (nSPS) is 19.5. The molecule has 0 N–H and O–H groups in total. The van der Waals surface area contributed by atoms with E-state index >= 15 is 0 Å². The van der Waals surface area contributed by atoms with Crippen molar-refractivity contribution < 1.29 is 23.1 Å². The van der Waals surface area contributed by atoms with Crippen molar-refractivity contribution in [3.63, 3.8) is 0 Å². The summed E-state index contributed by atoms with van der Waals surface area (Å²) in [5.74, 6) is 3.94. The van der Waals surface area contributed by atoms with Gasteiger partial charge in [-0.15, -0.1) is 23.5 Å². The lowest BCUT2D eigenvalue weighted by Crippen LogP contribution is -2.53. The summed E-state index contributed by atoms with van der Waals surface area (Å²) in [6.45, 7) is 29.4. The summed E-state index contributed by atoms with van der Waals surface area (Å²) >= 11 is 4.25. The van der Waals surface area contributed by atoms with Crippen LogP contribution in [0.15, 0.2) is 24.3 Å². The molecule has 2 rings (SSSR count). The lowest BCUT2D eigenvalue weighted by Gasteiger charge is -2.48. The molecule has 0 bridgehead atoms. The minimum Gasteiger partial charge on any atom is -0.497 e. The lowest BCUT2D eigenvalue weighted by atomic mass is 9.87. The second-order valence-electron chi connectivity index (χ2n) is 15.4. The van der Waals surface area contributed by atoms with Crippen LogP contribution < -0.4 is 4.74 Å². The van der Waals surface area contributed by atoms with E-state index in [4.69, 9.17) is 23.1 Å². The topological polar surface area (TPSA) is 46.2 Å². The van der Waals surface area contributed by atoms with Crippen molar-refractivity contribution in [1.29, 1.82) is 0 Å². The zero-order chi connectivity index (χ0) is 32.6. The van der Waals surface area contributed by atoms with Gasteiger partial charge >= 0.3 is 0 Å². The molecule has 0 saturated carbocycles. The standard InChI is InChI=1S/C34H64O5S2Si2/c1-25(31(39-43(13,14)34(6,7)8)26(2)32-40-20-15-21-41-32)30(38-42(11,12)33(3,4)5)22-29(24-35-9)37-23-27-16-18-28(36-10)19-17-27/h16-19,25-26,29-32H,15,20-24H2,1-14H3/t25-,26+,29?,30+,31-/m0/s1. The maximum absolute atomic E-state index is 7.42. The Morgan fingerprint density at radius 1 is 0.837 bits per heavy atom. The number of hydrogen-bond donors (Lipinski definition) is 0. The smallest absolute Gasteiger partial charge is 0.192 e. The largest absolute Gasteiger partial charge is 0.497 e. The van der Waals surface area contributed by atoms with Crippen molar-refractivity contribution in [3.8, 4) is 5.75 Å². The Kier molecular flexibility index (Phi) is 15.2. The van der Waals surface area contributed by atoms with E-state index in [0.29, 0.717) is 23.7 Å². The Balaban J connectivity index is 2.44. The van der Waals surface area contributed by atoms with Gasteiger partial charge in [0, 0.05) is 25.4 Å². The summed E-state index contributed by atoms with van der Waals surface area (Å²) in [4.78, 5) is 0. The van der Waals surface area contributed by atoms with Gasteiger partial charge in [0.1, 0.15) is 5.75 Å². The van der Waals surface area contributed by atoms with Gasteiger partial charge in [0.25, 0.3) is 0 Å². The van der Waals surface area contributed by atoms with Gasteiger partial charge in [-0.2, -0.15) is 0 Å². The van der Waals surface area contributed by atoms with Crippen LogP contribution in [0.3, 0.4) is 0 Å². The summed E-state index contributed by atoms with van der Waals surface area (Å²) in [7, 11) is -0.691. The molecule has 0 aromatic heterocycles. The number of methoxy groups -OCH3 is 2. The Bertz CT molecular complexity index is 940. The van der Waals surface area contributed by atoms with Crippen LogP contribution in [-0.4, -0.2) is 71.9 Å². The Hall–Kier alpha value is -0.00623. The van der Waals surface area contributed by atoms with E-state index in [1.165, 1.54) is 17.9 Å². The molecule has 1 aliphatic heterocycles. The van der Waals surface area contributed by atoms with Crippen molar-refractivity contribution >= 4 is 40.2 Å².